The van der Waals surface area contributed by atoms with Gasteiger partial charge in [-0.1, -0.05) is 12.1 Å². The molecule has 0 N–H and O–H groups in total. The van der Waals surface area contributed by atoms with Crippen molar-refractivity contribution in [1.29, 1.82) is 0 Å². The molecule has 1 fully saturated rings. The van der Waals surface area contributed by atoms with Crippen LogP contribution in [0.25, 0.3) is 0 Å². The van der Waals surface area contributed by atoms with Gasteiger partial charge in [-0.15, -0.1) is 0 Å². The Morgan fingerprint density at radius 3 is 2.33 bits per heavy atom. The number of nitrogens with zero attached hydrogens (tertiary/aromatic N) is 2. The Balaban J connectivity index is 1.40. The highest BCUT2D eigenvalue weighted by Gasteiger charge is 2.21. The van der Waals surface area contributed by atoms with E-state index in [0.717, 1.165) is 56.1 Å². The summed E-state index contributed by atoms with van der Waals surface area (Å²) in [5.74, 6) is 0.990. The van der Waals surface area contributed by atoms with Crippen molar-refractivity contribution in [3.63, 3.8) is 0 Å². The minimum atomic E-state index is -0.237. The average molecular weight is 453 g/mol. The molecule has 1 heterocycles. The first-order valence-corrected chi connectivity index (χ1v) is 11.3. The van der Waals surface area contributed by atoms with Crippen molar-refractivity contribution in [2.75, 3.05) is 44.7 Å². The predicted molar refractivity (Wildman–Crippen MR) is 127 cm³/mol. The molecule has 3 aromatic carbocycles. The zero-order valence-electron chi connectivity index (χ0n) is 19.1. The van der Waals surface area contributed by atoms with E-state index in [0.29, 0.717) is 11.3 Å². The Labute approximate surface area is 194 Å². The van der Waals surface area contributed by atoms with Crippen LogP contribution in [0, 0.1) is 18.6 Å². The maximum atomic E-state index is 13.7. The summed E-state index contributed by atoms with van der Waals surface area (Å²) in [5.41, 5.74) is 2.65. The Morgan fingerprint density at radius 1 is 0.879 bits per heavy atom. The molecule has 1 unspecified atom stereocenters. The van der Waals surface area contributed by atoms with Crippen LogP contribution in [0.3, 0.4) is 0 Å². The molecule has 1 aliphatic rings. The first-order valence-electron chi connectivity index (χ1n) is 11.3. The number of hydrogen-bond donors (Lipinski definition) is 0. The first kappa shape index (κ1) is 23.1. The van der Waals surface area contributed by atoms with E-state index in [1.165, 1.54) is 18.2 Å². The molecule has 1 aliphatic heterocycles. The Hall–Kier alpha value is -3.12. The molecule has 0 radical (unpaired) electrons. The van der Waals surface area contributed by atoms with Crippen molar-refractivity contribution >= 4 is 5.69 Å². The number of piperazine rings is 1. The lowest BCUT2D eigenvalue weighted by Crippen LogP contribution is -2.46. The number of ether oxygens (including phenoxy) is 2. The molecule has 1 saturated heterocycles. The number of halogens is 2. The smallest absolute Gasteiger partial charge is 0.126 e. The molecule has 4 nitrogen and oxygen atoms in total. The van der Waals surface area contributed by atoms with Gasteiger partial charge in [-0.05, 0) is 72.6 Å². The van der Waals surface area contributed by atoms with Gasteiger partial charge >= 0.3 is 0 Å². The Morgan fingerprint density at radius 2 is 1.64 bits per heavy atom. The fourth-order valence-electron chi connectivity index (χ4n) is 4.17. The number of anilines is 1. The molecule has 3 aromatic rings. The van der Waals surface area contributed by atoms with Crippen LogP contribution in [0.4, 0.5) is 14.5 Å². The van der Waals surface area contributed by atoms with Crippen LogP contribution < -0.4 is 14.4 Å². The molecule has 0 bridgehead atoms. The lowest BCUT2D eigenvalue weighted by atomic mass is 10.0. The third-order valence-corrected chi connectivity index (χ3v) is 6.14. The summed E-state index contributed by atoms with van der Waals surface area (Å²) in [6, 6.07) is 19.5. The van der Waals surface area contributed by atoms with Crippen molar-refractivity contribution in [3.8, 4) is 11.5 Å². The monoisotopic (exact) mass is 452 g/mol. The number of benzene rings is 3. The van der Waals surface area contributed by atoms with Crippen molar-refractivity contribution in [1.82, 2.24) is 4.90 Å². The molecule has 0 aromatic heterocycles. The largest absolute Gasteiger partial charge is 0.497 e. The van der Waals surface area contributed by atoms with Gasteiger partial charge in [-0.25, -0.2) is 8.78 Å². The van der Waals surface area contributed by atoms with E-state index in [-0.39, 0.29) is 17.7 Å². The second-order valence-corrected chi connectivity index (χ2v) is 8.39. The van der Waals surface area contributed by atoms with Gasteiger partial charge in [0.2, 0.25) is 0 Å². The number of methoxy groups -OCH3 is 1. The van der Waals surface area contributed by atoms with Crippen LogP contribution in [0.1, 0.15) is 23.7 Å². The third-order valence-electron chi connectivity index (χ3n) is 6.14. The second-order valence-electron chi connectivity index (χ2n) is 8.39. The molecule has 0 saturated carbocycles. The summed E-state index contributed by atoms with van der Waals surface area (Å²) < 4.78 is 38.7. The van der Waals surface area contributed by atoms with Gasteiger partial charge in [0.25, 0.3) is 0 Å². The van der Waals surface area contributed by atoms with E-state index in [1.54, 1.807) is 26.2 Å². The van der Waals surface area contributed by atoms with E-state index in [9.17, 15) is 8.78 Å². The summed E-state index contributed by atoms with van der Waals surface area (Å²) in [5, 5.41) is 0. The molecule has 6 heteroatoms. The molecule has 0 spiro atoms. The van der Waals surface area contributed by atoms with Crippen LogP contribution in [0.15, 0.2) is 66.7 Å². The zero-order valence-corrected chi connectivity index (χ0v) is 19.1. The van der Waals surface area contributed by atoms with Crippen LogP contribution in [-0.2, 0) is 0 Å². The van der Waals surface area contributed by atoms with E-state index < -0.39 is 0 Å². The highest BCUT2D eigenvalue weighted by atomic mass is 19.1. The van der Waals surface area contributed by atoms with Crippen molar-refractivity contribution in [3.05, 3.63) is 89.5 Å². The second kappa shape index (κ2) is 10.7. The van der Waals surface area contributed by atoms with E-state index in [1.807, 2.05) is 36.4 Å². The van der Waals surface area contributed by atoms with Crippen LogP contribution in [-0.4, -0.2) is 44.7 Å². The maximum Gasteiger partial charge on any atom is 0.126 e. The fourth-order valence-corrected chi connectivity index (χ4v) is 4.17. The van der Waals surface area contributed by atoms with Crippen LogP contribution >= 0.6 is 0 Å². The van der Waals surface area contributed by atoms with E-state index in [2.05, 4.69) is 9.80 Å². The van der Waals surface area contributed by atoms with Gasteiger partial charge < -0.3 is 14.4 Å². The van der Waals surface area contributed by atoms with Crippen molar-refractivity contribution in [2.24, 2.45) is 0 Å². The topological polar surface area (TPSA) is 24.9 Å². The van der Waals surface area contributed by atoms with Gasteiger partial charge in [0.1, 0.15) is 29.2 Å². The zero-order chi connectivity index (χ0) is 23.2. The van der Waals surface area contributed by atoms with Crippen molar-refractivity contribution in [2.45, 2.75) is 19.4 Å². The number of aryl methyl sites for hydroxylation is 1. The molecule has 4 rings (SSSR count). The number of hydrogen-bond acceptors (Lipinski definition) is 4. The summed E-state index contributed by atoms with van der Waals surface area (Å²) in [7, 11) is 1.65. The highest BCUT2D eigenvalue weighted by Crippen LogP contribution is 2.29. The van der Waals surface area contributed by atoms with Gasteiger partial charge in [0, 0.05) is 44.8 Å². The normalized spacial score (nSPS) is 15.3. The number of rotatable bonds is 8. The Kier molecular flexibility index (Phi) is 7.45. The van der Waals surface area contributed by atoms with Gasteiger partial charge in [0.05, 0.1) is 7.11 Å². The quantitative estimate of drug-likeness (QED) is 0.443. The summed E-state index contributed by atoms with van der Waals surface area (Å²) >= 11 is 0. The average Bonchev–Trinajstić information content (AvgIpc) is 2.85. The lowest BCUT2D eigenvalue weighted by Gasteiger charge is -2.36. The van der Waals surface area contributed by atoms with E-state index >= 15 is 0 Å². The summed E-state index contributed by atoms with van der Waals surface area (Å²) in [6.45, 7) is 6.26. The molecular formula is C27H30F2N2O2. The Bertz CT molecular complexity index is 1050. The molecule has 1 atom stereocenters. The SMILES string of the molecule is COc1cccc(C(CCN2CCN(c3ccc(F)cc3)CC2)Oc2ccc(F)c(C)c2)c1. The molecule has 174 valence electrons. The highest BCUT2D eigenvalue weighted by molar-refractivity contribution is 5.46. The van der Waals surface area contributed by atoms with Crippen LogP contribution in [0.5, 0.6) is 11.5 Å². The van der Waals surface area contributed by atoms with Gasteiger partial charge in [-0.2, -0.15) is 0 Å². The first-order chi connectivity index (χ1) is 16.0. The van der Waals surface area contributed by atoms with Crippen LogP contribution in [0.2, 0.25) is 0 Å². The van der Waals surface area contributed by atoms with Gasteiger partial charge in [-0.3, -0.25) is 4.90 Å². The summed E-state index contributed by atoms with van der Waals surface area (Å²) in [4.78, 5) is 4.71. The minimum Gasteiger partial charge on any atom is -0.497 e. The molecule has 0 aliphatic carbocycles. The van der Waals surface area contributed by atoms with Gasteiger partial charge in [0.15, 0.2) is 0 Å². The molecule has 0 amide bonds. The molecule has 33 heavy (non-hydrogen) atoms. The standard InChI is InChI=1S/C27H30F2N2O2/c1-20-18-25(10-11-26(20)29)33-27(21-4-3-5-24(19-21)32-2)12-13-30-14-16-31(17-15-30)23-8-6-22(28)7-9-23/h3-11,18-19,27H,12-17H2,1-2H3. The molecular weight excluding hydrogens is 422 g/mol. The minimum absolute atomic E-state index is 0.180. The predicted octanol–water partition coefficient (Wildman–Crippen LogP) is 5.61. The third kappa shape index (κ3) is 6.02. The summed E-state index contributed by atoms with van der Waals surface area (Å²) in [6.07, 6.45) is 0.611. The lowest BCUT2D eigenvalue weighted by molar-refractivity contribution is 0.159. The maximum absolute atomic E-state index is 13.7. The fraction of sp³-hybridized carbons (Fsp3) is 0.333. The van der Waals surface area contributed by atoms with Crippen molar-refractivity contribution < 1.29 is 18.3 Å². The van der Waals surface area contributed by atoms with E-state index in [4.69, 9.17) is 9.47 Å².